The molecule has 2 aliphatic heterocycles. The molecule has 5 nitrogen and oxygen atoms in total. The van der Waals surface area contributed by atoms with E-state index in [1.165, 1.54) is 0 Å². The molecule has 2 aliphatic rings. The van der Waals surface area contributed by atoms with Crippen molar-refractivity contribution in [2.75, 3.05) is 46.3 Å². The van der Waals surface area contributed by atoms with Gasteiger partial charge in [0.25, 0.3) is 0 Å². The minimum Gasteiger partial charge on any atom is -0.339 e. The first-order valence-corrected chi connectivity index (χ1v) is 9.72. The molecule has 2 saturated heterocycles. The van der Waals surface area contributed by atoms with Crippen LogP contribution in [0.25, 0.3) is 0 Å². The van der Waals surface area contributed by atoms with Crippen LogP contribution in [0.5, 0.6) is 0 Å². The zero-order valence-electron chi connectivity index (χ0n) is 16.3. The summed E-state index contributed by atoms with van der Waals surface area (Å²) >= 11 is 0. The van der Waals surface area contributed by atoms with Gasteiger partial charge in [0, 0.05) is 39.3 Å². The summed E-state index contributed by atoms with van der Waals surface area (Å²) in [5.41, 5.74) is 0.721. The molecule has 2 heterocycles. The van der Waals surface area contributed by atoms with Crippen molar-refractivity contribution < 1.29 is 9.59 Å². The van der Waals surface area contributed by atoms with Crippen LogP contribution < -0.4 is 0 Å². The van der Waals surface area contributed by atoms with Gasteiger partial charge in [-0.25, -0.2) is 0 Å². The zero-order valence-corrected chi connectivity index (χ0v) is 16.3. The van der Waals surface area contributed by atoms with Gasteiger partial charge in [-0.3, -0.25) is 14.5 Å². The van der Waals surface area contributed by atoms with Gasteiger partial charge in [-0.15, -0.1) is 0 Å². The lowest BCUT2D eigenvalue weighted by molar-refractivity contribution is -0.139. The molecule has 3 rings (SSSR count). The monoisotopic (exact) mass is 357 g/mol. The van der Waals surface area contributed by atoms with Crippen LogP contribution in [0.15, 0.2) is 30.3 Å². The molecule has 26 heavy (non-hydrogen) atoms. The Hall–Kier alpha value is -1.72. The third kappa shape index (κ3) is 3.69. The van der Waals surface area contributed by atoms with Gasteiger partial charge < -0.3 is 9.80 Å². The lowest BCUT2D eigenvalue weighted by Gasteiger charge is -2.43. The number of carbonyl (C=O) groups is 2. The molecule has 1 aromatic carbocycles. The van der Waals surface area contributed by atoms with Gasteiger partial charge in [0.15, 0.2) is 0 Å². The fourth-order valence-electron chi connectivity index (χ4n) is 4.34. The summed E-state index contributed by atoms with van der Waals surface area (Å²) in [6.07, 6.45) is 1.57. The normalized spacial score (nSPS) is 22.8. The van der Waals surface area contributed by atoms with Crippen LogP contribution in [0.1, 0.15) is 32.3 Å². The Bertz CT molecular complexity index is 630. The van der Waals surface area contributed by atoms with Crippen molar-refractivity contribution in [2.45, 2.75) is 38.1 Å². The molecule has 0 radical (unpaired) electrons. The van der Waals surface area contributed by atoms with Gasteiger partial charge in [0.05, 0.1) is 11.5 Å². The van der Waals surface area contributed by atoms with E-state index in [2.05, 4.69) is 29.0 Å². The Labute approximate surface area is 156 Å². The number of Topliss-reactive ketones (excluding diaryl/α,β-unsaturated/α-hetero) is 1. The topological polar surface area (TPSA) is 43.9 Å². The molecule has 1 atom stereocenters. The van der Waals surface area contributed by atoms with Crippen LogP contribution in [0.3, 0.4) is 0 Å². The van der Waals surface area contributed by atoms with E-state index in [0.29, 0.717) is 0 Å². The molecule has 2 fully saturated rings. The minimum absolute atomic E-state index is 0.112. The number of carbonyl (C=O) groups excluding carboxylic acids is 2. The molecule has 0 N–H and O–H groups in total. The Morgan fingerprint density at radius 3 is 2.08 bits per heavy atom. The maximum absolute atomic E-state index is 12.9. The number of likely N-dealkylation sites (N-methyl/N-ethyl adjacent to an activating group) is 1. The molecule has 5 heteroatoms. The smallest absolute Gasteiger partial charge is 0.239 e. The lowest BCUT2D eigenvalue weighted by atomic mass is 9.70. The van der Waals surface area contributed by atoms with E-state index in [0.717, 1.165) is 57.7 Å². The first-order chi connectivity index (χ1) is 12.4. The average Bonchev–Trinajstić information content (AvgIpc) is 2.68. The van der Waals surface area contributed by atoms with Gasteiger partial charge in [0.2, 0.25) is 5.91 Å². The van der Waals surface area contributed by atoms with Crippen LogP contribution in [-0.2, 0) is 15.0 Å². The van der Waals surface area contributed by atoms with Crippen LogP contribution in [0.4, 0.5) is 0 Å². The first kappa shape index (κ1) is 19.1. The second-order valence-electron chi connectivity index (χ2n) is 7.84. The van der Waals surface area contributed by atoms with E-state index in [1.54, 1.807) is 6.92 Å². The van der Waals surface area contributed by atoms with Gasteiger partial charge in [0.1, 0.15) is 5.78 Å². The SMILES string of the molecule is CC(=O)C1(c2ccccc2)CCN([C@@H](C)C(=O)N2CCN(C)CC2)CC1. The number of amides is 1. The predicted molar refractivity (Wildman–Crippen MR) is 103 cm³/mol. The summed E-state index contributed by atoms with van der Waals surface area (Å²) in [7, 11) is 2.10. The van der Waals surface area contributed by atoms with E-state index in [4.69, 9.17) is 0 Å². The summed E-state index contributed by atoms with van der Waals surface area (Å²) < 4.78 is 0. The number of benzene rings is 1. The molecule has 0 bridgehead atoms. The number of piperazine rings is 1. The van der Waals surface area contributed by atoms with E-state index in [9.17, 15) is 9.59 Å². The van der Waals surface area contributed by atoms with Crippen molar-refractivity contribution in [1.29, 1.82) is 0 Å². The lowest BCUT2D eigenvalue weighted by Crippen LogP contribution is -2.56. The number of rotatable bonds is 4. The predicted octanol–water partition coefficient (Wildman–Crippen LogP) is 1.77. The highest BCUT2D eigenvalue weighted by molar-refractivity contribution is 5.88. The quantitative estimate of drug-likeness (QED) is 0.824. The summed E-state index contributed by atoms with van der Waals surface area (Å²) in [5.74, 6) is 0.467. The Morgan fingerprint density at radius 2 is 1.54 bits per heavy atom. The molecule has 1 aromatic rings. The minimum atomic E-state index is -0.394. The van der Waals surface area contributed by atoms with Crippen molar-refractivity contribution in [3.8, 4) is 0 Å². The van der Waals surface area contributed by atoms with E-state index >= 15 is 0 Å². The largest absolute Gasteiger partial charge is 0.339 e. The van der Waals surface area contributed by atoms with Crippen molar-refractivity contribution in [3.05, 3.63) is 35.9 Å². The number of nitrogens with zero attached hydrogens (tertiary/aromatic N) is 3. The van der Waals surface area contributed by atoms with Gasteiger partial charge in [-0.05, 0) is 39.3 Å². The molecular formula is C21H31N3O2. The fourth-order valence-corrected chi connectivity index (χ4v) is 4.34. The van der Waals surface area contributed by atoms with Crippen molar-refractivity contribution in [1.82, 2.24) is 14.7 Å². The second-order valence-corrected chi connectivity index (χ2v) is 7.84. The highest BCUT2D eigenvalue weighted by Gasteiger charge is 2.42. The summed E-state index contributed by atoms with van der Waals surface area (Å²) in [6.45, 7) is 8.82. The molecule has 0 aliphatic carbocycles. The Kier molecular flexibility index (Phi) is 5.78. The van der Waals surface area contributed by atoms with Crippen LogP contribution in [0.2, 0.25) is 0 Å². The van der Waals surface area contributed by atoms with Crippen molar-refractivity contribution in [3.63, 3.8) is 0 Å². The third-order valence-electron chi connectivity index (χ3n) is 6.37. The molecule has 0 aromatic heterocycles. The van der Waals surface area contributed by atoms with Crippen LogP contribution >= 0.6 is 0 Å². The van der Waals surface area contributed by atoms with Crippen LogP contribution in [-0.4, -0.2) is 78.7 Å². The molecule has 0 unspecified atom stereocenters. The van der Waals surface area contributed by atoms with Crippen molar-refractivity contribution in [2.24, 2.45) is 0 Å². The first-order valence-electron chi connectivity index (χ1n) is 9.72. The van der Waals surface area contributed by atoms with Gasteiger partial charge >= 0.3 is 0 Å². The number of hydrogen-bond acceptors (Lipinski definition) is 4. The molecule has 0 spiro atoms. The van der Waals surface area contributed by atoms with E-state index in [-0.39, 0.29) is 17.7 Å². The number of likely N-dealkylation sites (tertiary alicyclic amines) is 1. The van der Waals surface area contributed by atoms with Crippen molar-refractivity contribution >= 4 is 11.7 Å². The highest BCUT2D eigenvalue weighted by atomic mass is 16.2. The maximum atomic E-state index is 12.9. The zero-order chi connectivity index (χ0) is 18.7. The molecule has 0 saturated carbocycles. The number of ketones is 1. The van der Waals surface area contributed by atoms with Crippen LogP contribution in [0, 0.1) is 0 Å². The summed E-state index contributed by atoms with van der Waals surface area (Å²) in [4.78, 5) is 31.9. The summed E-state index contributed by atoms with van der Waals surface area (Å²) in [6, 6.07) is 10.0. The Morgan fingerprint density at radius 1 is 0.962 bits per heavy atom. The number of piperidine rings is 1. The summed E-state index contributed by atoms with van der Waals surface area (Å²) in [5, 5.41) is 0. The third-order valence-corrected chi connectivity index (χ3v) is 6.37. The molecule has 142 valence electrons. The van der Waals surface area contributed by atoms with E-state index in [1.807, 2.05) is 30.0 Å². The standard InChI is InChI=1S/C21H31N3O2/c1-17(20(26)24-15-13-22(3)14-16-24)23-11-9-21(10-12-23,18(2)25)19-7-5-4-6-8-19/h4-8,17H,9-16H2,1-3H3/t17-/m0/s1. The fraction of sp³-hybridized carbons (Fsp3) is 0.619. The highest BCUT2D eigenvalue weighted by Crippen LogP contribution is 2.37. The van der Waals surface area contributed by atoms with Gasteiger partial charge in [-0.1, -0.05) is 30.3 Å². The van der Waals surface area contributed by atoms with Gasteiger partial charge in [-0.2, -0.15) is 0 Å². The average molecular weight is 357 g/mol. The number of hydrogen-bond donors (Lipinski definition) is 0. The maximum Gasteiger partial charge on any atom is 0.239 e. The second kappa shape index (κ2) is 7.89. The van der Waals surface area contributed by atoms with E-state index < -0.39 is 5.41 Å². The molecule has 1 amide bonds. The molecular weight excluding hydrogens is 326 g/mol. The Balaban J connectivity index is 1.65.